The maximum absolute atomic E-state index is 12.5. The van der Waals surface area contributed by atoms with Crippen molar-refractivity contribution in [3.63, 3.8) is 0 Å². The van der Waals surface area contributed by atoms with E-state index in [-0.39, 0.29) is 51.6 Å². The van der Waals surface area contributed by atoms with Crippen molar-refractivity contribution in [1.82, 2.24) is 19.6 Å². The van der Waals surface area contributed by atoms with Gasteiger partial charge in [-0.2, -0.15) is 27.1 Å². The first-order valence-corrected chi connectivity index (χ1v) is 33.6. The van der Waals surface area contributed by atoms with Crippen LogP contribution in [0, 0.1) is 13.8 Å². The van der Waals surface area contributed by atoms with Crippen LogP contribution in [0.5, 0.6) is 11.5 Å². The van der Waals surface area contributed by atoms with Crippen LogP contribution in [0.2, 0.25) is 10.0 Å². The predicted molar refractivity (Wildman–Crippen MR) is 394 cm³/mol. The number of azo groups is 2. The molecule has 0 aliphatic carbocycles. The van der Waals surface area contributed by atoms with Gasteiger partial charge in [0, 0.05) is 38.5 Å². The number of hydrogen-bond acceptors (Lipinski definition) is 15. The second kappa shape index (κ2) is 37.8. The van der Waals surface area contributed by atoms with Gasteiger partial charge in [0.15, 0.2) is 17.9 Å². The quantitative estimate of drug-likeness (QED) is 0.0217. The maximum Gasteiger partial charge on any atom is 3.00 e. The number of nitrogens with two attached hydrogens (primary N) is 3. The Morgan fingerprint density at radius 3 is 0.913 bits per heavy atom. The molecule has 0 aliphatic rings. The molecule has 12 aromatic rings. The first-order chi connectivity index (χ1) is 48.9. The van der Waals surface area contributed by atoms with Gasteiger partial charge in [0.2, 0.25) is 0 Å². The molecule has 0 fully saturated rings. The summed E-state index contributed by atoms with van der Waals surface area (Å²) in [6.07, 6.45) is 0. The number of aryl methyl sites for hydroxylation is 2. The molecule has 12 rings (SSSR count). The predicted octanol–water partition coefficient (Wildman–Crippen LogP) is 13.3. The van der Waals surface area contributed by atoms with E-state index in [9.17, 15) is 36.6 Å². The molecule has 10 aromatic carbocycles. The summed E-state index contributed by atoms with van der Waals surface area (Å²) in [5, 5.41) is 56.0. The summed E-state index contributed by atoms with van der Waals surface area (Å²) in [6, 6.07) is 78.9. The molecule has 0 saturated carbocycles. The first-order valence-electron chi connectivity index (χ1n) is 30.0. The van der Waals surface area contributed by atoms with E-state index in [4.69, 9.17) is 49.5 Å². The maximum atomic E-state index is 12.5. The molecule has 523 valence electrons. The Bertz CT molecular complexity index is 4880. The van der Waals surface area contributed by atoms with Crippen LogP contribution < -0.4 is 64.7 Å². The van der Waals surface area contributed by atoms with Gasteiger partial charge in [-0.15, -0.1) is 21.6 Å². The number of guanidine groups is 3. The minimum absolute atomic E-state index is 0. The topological polar surface area (TPSA) is 428 Å². The average molecular weight is 1500 g/mol. The van der Waals surface area contributed by atoms with Crippen LogP contribution in [0.15, 0.2) is 322 Å². The number of para-hydroxylation sites is 8. The Morgan fingerprint density at radius 2 is 0.660 bits per heavy atom. The fourth-order valence-corrected chi connectivity index (χ4v) is 10.4. The van der Waals surface area contributed by atoms with E-state index >= 15 is 0 Å². The Kier molecular flexibility index (Phi) is 28.7. The van der Waals surface area contributed by atoms with Crippen molar-refractivity contribution in [3.05, 3.63) is 309 Å². The van der Waals surface area contributed by atoms with Crippen LogP contribution >= 0.6 is 23.2 Å². The largest absolute Gasteiger partial charge is 3.00 e. The number of halogens is 2. The van der Waals surface area contributed by atoms with Gasteiger partial charge in [0.05, 0.1) is 38.2 Å². The number of nitrogens with zero attached hydrogens (tertiary/aromatic N) is 11. The second-order valence-electron chi connectivity index (χ2n) is 20.8. The smallest absolute Gasteiger partial charge is 0.870 e. The van der Waals surface area contributed by atoms with E-state index in [1.54, 1.807) is 60.7 Å². The third-order valence-corrected chi connectivity index (χ3v) is 15.4. The molecule has 27 nitrogen and oxygen atoms in total. The number of rotatable bonds is 14. The number of benzene rings is 10. The van der Waals surface area contributed by atoms with E-state index in [0.717, 1.165) is 67.8 Å². The number of aromatic nitrogens is 4. The van der Waals surface area contributed by atoms with Crippen LogP contribution in [0.3, 0.4) is 0 Å². The van der Waals surface area contributed by atoms with Gasteiger partial charge in [-0.05, 0) is 121 Å². The molecular formula is C71H62Cl2CrN17O10S2. The SMILES string of the molecule is Cc1[n-]n(-c2ccccc2)c(=O)c1N=Nc1cc(Cl)cc(S(=O)(=O)O)c1[O-].Cc1[n-]n(-c2ccccc2)c(=O)c1N=Nc1cc(Cl)cc(S(=O)(=O)O)c1[O-].NC(=Nc1ccccc1)Nc1ccccc1.NC(=Nc1ccccc1)Nc1ccccc1.NC(=Nc1ccccc1)Nc1ccccc1.[Cr+3].[H+]. The van der Waals surface area contributed by atoms with Gasteiger partial charge >= 0.3 is 18.8 Å². The van der Waals surface area contributed by atoms with E-state index in [1.165, 1.54) is 13.8 Å². The van der Waals surface area contributed by atoms with E-state index in [0.29, 0.717) is 29.3 Å². The Hall–Kier alpha value is -12.2. The van der Waals surface area contributed by atoms with Gasteiger partial charge in [-0.3, -0.25) is 18.7 Å². The van der Waals surface area contributed by atoms with Gasteiger partial charge in [0.25, 0.3) is 31.4 Å². The fourth-order valence-electron chi connectivity index (χ4n) is 8.58. The zero-order valence-corrected chi connectivity index (χ0v) is 58.6. The average Bonchev–Trinajstić information content (AvgIpc) is 1.36. The molecule has 2 heterocycles. The van der Waals surface area contributed by atoms with Crippen molar-refractivity contribution in [2.45, 2.75) is 23.6 Å². The van der Waals surface area contributed by atoms with Crippen LogP contribution in [0.4, 0.5) is 56.9 Å². The van der Waals surface area contributed by atoms with E-state index in [2.05, 4.69) is 61.6 Å². The normalized spacial score (nSPS) is 11.5. The van der Waals surface area contributed by atoms with E-state index in [1.807, 2.05) is 182 Å². The molecule has 103 heavy (non-hydrogen) atoms. The van der Waals surface area contributed by atoms with Crippen LogP contribution in [0.1, 0.15) is 12.8 Å². The molecule has 0 atom stereocenters. The molecule has 0 unspecified atom stereocenters. The van der Waals surface area contributed by atoms with Gasteiger partial charge in [0.1, 0.15) is 11.4 Å². The summed E-state index contributed by atoms with van der Waals surface area (Å²) in [4.78, 5) is 35.8. The van der Waals surface area contributed by atoms with E-state index < -0.39 is 64.0 Å². The zero-order chi connectivity index (χ0) is 73.2. The van der Waals surface area contributed by atoms with Crippen LogP contribution in [0.25, 0.3) is 11.4 Å². The standard InChI is InChI=1S/2C16H13ClN4O5S.3C13H13N3.Cr/c2*1-9-14(16(23)21(20-9)11-5-3-2-4-6-11)19-18-12-7-10(17)8-13(15(12)22)27(24,25)26;3*14-13(15-11-7-3-1-4-8-11)16-12-9-5-2-6-10-12;/h2*2-8H,1H3,(H3,18,19,20,22,23,24,25,26);3*1-10H,(H3,14,15,16);/q;;;;;+3/p-3. The molecule has 0 bridgehead atoms. The first kappa shape index (κ1) is 78.1. The minimum Gasteiger partial charge on any atom is -0.870 e. The number of anilines is 3. The molecular weight excluding hydrogens is 1440 g/mol. The Balaban J connectivity index is 0.000000208. The number of aliphatic imine (C=N–C) groups is 3. The van der Waals surface area contributed by atoms with Crippen LogP contribution in [-0.4, -0.2) is 53.2 Å². The molecule has 0 saturated heterocycles. The molecule has 32 heteroatoms. The van der Waals surface area contributed by atoms with Crippen LogP contribution in [-0.2, 0) is 37.6 Å². The summed E-state index contributed by atoms with van der Waals surface area (Å²) in [5.74, 6) is -1.02. The molecule has 11 N–H and O–H groups in total. The summed E-state index contributed by atoms with van der Waals surface area (Å²) in [5.41, 5.74) is 21.9. The number of hydrogen-bond donors (Lipinski definition) is 8. The third-order valence-electron chi connectivity index (χ3n) is 13.2. The van der Waals surface area contributed by atoms with Gasteiger partial charge < -0.3 is 62.9 Å². The second-order valence-corrected chi connectivity index (χ2v) is 24.5. The molecule has 0 spiro atoms. The zero-order valence-electron chi connectivity index (χ0n) is 55.2. The number of nitrogens with one attached hydrogen (secondary N) is 3. The van der Waals surface area contributed by atoms with Crippen molar-refractivity contribution in [1.29, 1.82) is 0 Å². The van der Waals surface area contributed by atoms with Crippen molar-refractivity contribution in [3.8, 4) is 22.9 Å². The van der Waals surface area contributed by atoms with Gasteiger partial charge in [-0.25, -0.2) is 15.0 Å². The Morgan fingerprint density at radius 1 is 0.417 bits per heavy atom. The summed E-state index contributed by atoms with van der Waals surface area (Å²) in [7, 11) is -9.57. The molecule has 1 radical (unpaired) electrons. The summed E-state index contributed by atoms with van der Waals surface area (Å²) >= 11 is 11.5. The summed E-state index contributed by atoms with van der Waals surface area (Å²) in [6.45, 7) is 3.07. The molecule has 0 aliphatic heterocycles. The molecule has 2 aromatic heterocycles. The minimum atomic E-state index is -4.79. The fraction of sp³-hybridized carbons (Fsp3) is 0.0282. The van der Waals surface area contributed by atoms with Crippen molar-refractivity contribution >= 4 is 118 Å². The third kappa shape index (κ3) is 24.0. The van der Waals surface area contributed by atoms with Crippen molar-refractivity contribution in [2.75, 3.05) is 16.0 Å². The van der Waals surface area contributed by atoms with Crippen molar-refractivity contribution in [2.24, 2.45) is 52.6 Å². The molecule has 0 amide bonds. The van der Waals surface area contributed by atoms with Gasteiger partial charge in [-0.1, -0.05) is 194 Å². The van der Waals surface area contributed by atoms with Crippen molar-refractivity contribution < 1.29 is 54.9 Å². The summed E-state index contributed by atoms with van der Waals surface area (Å²) < 4.78 is 65.5. The monoisotopic (exact) mass is 1500 g/mol. The Labute approximate surface area is 613 Å².